The van der Waals surface area contributed by atoms with Crippen LogP contribution in [0.2, 0.25) is 0 Å². The summed E-state index contributed by atoms with van der Waals surface area (Å²) in [7, 11) is 4.42. The summed E-state index contributed by atoms with van der Waals surface area (Å²) in [5.74, 6) is -11.0. The van der Waals surface area contributed by atoms with Gasteiger partial charge in [0.25, 0.3) is 11.7 Å². The maximum Gasteiger partial charge on any atom is 0.340 e. The van der Waals surface area contributed by atoms with E-state index in [0.29, 0.717) is 85.4 Å². The highest BCUT2D eigenvalue weighted by Crippen LogP contribution is 2.41. The SMILES string of the molecule is CO[C@H]1C[C@@H]2CC[C@@H](C)[C@@](O)(O2)C(=O)C(=O)N2CCCC[C@H]2C(=O)O[C@H]([C@H](C)C[C@@H]2CC[C@@H](OC(=O)CCC(O)CCOC(=O)c3c(I)c(NC(C)=O)c(I)c(NC(C)=O)c3I)[C@H](OC)C2)CC(=O)[C@H](C)/C=C(\C)[C@@H](O)[C@@H](OC)C(=O)[C@H](C)C[C@H](C)/C=C/C=C/C=C/1C. The van der Waals surface area contributed by atoms with Gasteiger partial charge in [0.1, 0.15) is 36.2 Å². The van der Waals surface area contributed by atoms with Crippen molar-refractivity contribution in [2.75, 3.05) is 45.1 Å². The number of anilines is 2. The van der Waals surface area contributed by atoms with Gasteiger partial charge in [-0.2, -0.15) is 0 Å². The molecule has 3 heterocycles. The van der Waals surface area contributed by atoms with Crippen molar-refractivity contribution in [1.29, 1.82) is 0 Å². The number of aliphatic hydroxyl groups excluding tert-OH is 2. The maximum atomic E-state index is 14.7. The number of amides is 3. The summed E-state index contributed by atoms with van der Waals surface area (Å²) in [6, 6.07) is -1.23. The van der Waals surface area contributed by atoms with Crippen molar-refractivity contribution in [3.05, 3.63) is 63.9 Å². The fourth-order valence-electron chi connectivity index (χ4n) is 12.7. The number of fused-ring (bicyclic) bond motifs is 3. The van der Waals surface area contributed by atoms with Crippen molar-refractivity contribution in [2.24, 2.45) is 35.5 Å². The van der Waals surface area contributed by atoms with E-state index < -0.39 is 114 Å². The van der Waals surface area contributed by atoms with Gasteiger partial charge in [-0.05, 0) is 181 Å². The fourth-order valence-corrected chi connectivity index (χ4v) is 16.8. The lowest BCUT2D eigenvalue weighted by molar-refractivity contribution is -0.265. The minimum Gasteiger partial charge on any atom is -0.462 e. The van der Waals surface area contributed by atoms with Crippen LogP contribution < -0.4 is 10.6 Å². The van der Waals surface area contributed by atoms with E-state index in [1.807, 2.05) is 119 Å². The number of methoxy groups -OCH3 is 3. The molecule has 1 aromatic rings. The normalized spacial score (nSPS) is 31.9. The summed E-state index contributed by atoms with van der Waals surface area (Å²) in [6.45, 7) is 14.9. The number of benzene rings is 1. The van der Waals surface area contributed by atoms with Gasteiger partial charge in [0.15, 0.2) is 5.78 Å². The minimum atomic E-state index is -2.50. The van der Waals surface area contributed by atoms with Crippen LogP contribution in [0.5, 0.6) is 0 Å². The van der Waals surface area contributed by atoms with Crippen LogP contribution >= 0.6 is 67.8 Å². The summed E-state index contributed by atoms with van der Waals surface area (Å²) in [5.41, 5.74) is 1.97. The van der Waals surface area contributed by atoms with Crippen LogP contribution in [0.25, 0.3) is 0 Å². The maximum absolute atomic E-state index is 14.7. The summed E-state index contributed by atoms with van der Waals surface area (Å²) >= 11 is 5.84. The first-order valence-corrected chi connectivity index (χ1v) is 35.4. The van der Waals surface area contributed by atoms with E-state index >= 15 is 0 Å². The second-order valence-electron chi connectivity index (χ2n) is 25.6. The van der Waals surface area contributed by atoms with Crippen molar-refractivity contribution < 1.29 is 91.6 Å². The number of halogens is 3. The molecule has 2 saturated heterocycles. The van der Waals surface area contributed by atoms with E-state index in [9.17, 15) is 58.5 Å². The molecule has 5 N–H and O–H groups in total. The van der Waals surface area contributed by atoms with Crippen LogP contribution in [0.1, 0.15) is 169 Å². The van der Waals surface area contributed by atoms with Gasteiger partial charge in [-0.25, -0.2) is 9.59 Å². The number of ketones is 3. The molecule has 25 heteroatoms. The van der Waals surface area contributed by atoms with Gasteiger partial charge in [0.05, 0.1) is 58.7 Å². The predicted molar refractivity (Wildman–Crippen MR) is 372 cm³/mol. The first-order chi connectivity index (χ1) is 43.9. The number of cyclic esters (lactones) is 1. The summed E-state index contributed by atoms with van der Waals surface area (Å²) in [4.78, 5) is 124. The lowest BCUT2D eigenvalue weighted by atomic mass is 9.78. The van der Waals surface area contributed by atoms with E-state index in [4.69, 9.17) is 33.2 Å². The molecule has 1 saturated carbocycles. The second kappa shape index (κ2) is 37.6. The summed E-state index contributed by atoms with van der Waals surface area (Å²) in [5, 5.41) is 40.0. The number of nitrogens with zero attached hydrogens (tertiary/aromatic N) is 1. The number of hydrogen-bond acceptors (Lipinski definition) is 19. The van der Waals surface area contributed by atoms with Crippen molar-refractivity contribution in [3.8, 4) is 0 Å². The smallest absolute Gasteiger partial charge is 0.340 e. The number of piperidine rings is 1. The fraction of sp³-hybridized carbons (Fsp3) is 0.662. The third-order valence-electron chi connectivity index (χ3n) is 18.2. The topological polar surface area (TPSA) is 306 Å². The van der Waals surface area contributed by atoms with Crippen LogP contribution in [0.3, 0.4) is 0 Å². The zero-order chi connectivity index (χ0) is 69.2. The molecule has 2 bridgehead atoms. The van der Waals surface area contributed by atoms with Gasteiger partial charge in [0.2, 0.25) is 17.6 Å². The molecular formula is C68H96I3N3O19. The van der Waals surface area contributed by atoms with Gasteiger partial charge in [0, 0.05) is 85.2 Å². The molecule has 1 aliphatic carbocycles. The minimum absolute atomic E-state index is 0.00174. The molecule has 0 aromatic heterocycles. The molecule has 1 aromatic carbocycles. The van der Waals surface area contributed by atoms with Crippen molar-refractivity contribution in [2.45, 2.75) is 219 Å². The molecule has 518 valence electrons. The molecule has 4 aliphatic rings. The largest absolute Gasteiger partial charge is 0.462 e. The molecule has 1 unspecified atom stereocenters. The molecule has 5 rings (SSSR count). The molecule has 3 aliphatic heterocycles. The number of carbonyl (C=O) groups is 9. The number of nitrogens with one attached hydrogen (secondary N) is 2. The quantitative estimate of drug-likeness (QED) is 0.0338. The average molecular weight is 1640 g/mol. The first kappa shape index (κ1) is 79.6. The van der Waals surface area contributed by atoms with E-state index in [2.05, 4.69) is 10.6 Å². The van der Waals surface area contributed by atoms with Crippen LogP contribution in [0.4, 0.5) is 11.4 Å². The molecular weight excluding hydrogens is 1540 g/mol. The Hall–Kier alpha value is -4.08. The van der Waals surface area contributed by atoms with Gasteiger partial charge in [-0.15, -0.1) is 0 Å². The molecule has 3 fully saturated rings. The lowest BCUT2D eigenvalue weighted by Gasteiger charge is -2.42. The number of aliphatic hydroxyl groups is 3. The van der Waals surface area contributed by atoms with Gasteiger partial charge >= 0.3 is 17.9 Å². The average Bonchev–Trinajstić information content (AvgIpc) is 0.797. The van der Waals surface area contributed by atoms with Crippen molar-refractivity contribution in [3.63, 3.8) is 0 Å². The van der Waals surface area contributed by atoms with E-state index in [0.717, 1.165) is 10.5 Å². The van der Waals surface area contributed by atoms with E-state index in [-0.39, 0.29) is 92.5 Å². The summed E-state index contributed by atoms with van der Waals surface area (Å²) in [6.07, 6.45) is 8.15. The number of hydrogen-bond donors (Lipinski definition) is 5. The van der Waals surface area contributed by atoms with Crippen LogP contribution in [-0.4, -0.2) is 168 Å². The standard InChI is InChI=1S/C68H96I3N3O19/c1-36-18-14-13-15-19-37(2)51(87-10)34-47-24-21-42(7)68(86,93-47)64(82)65(83)74-28-17-16-20-48(74)66(84)92-52(35-49(78)38(3)31-41(6)62(81)63(89-12)61(80)40(5)30-36)39(4)32-45-22-25-50(53(33-45)88-11)91-54(79)26-23-46(77)27-29-90-67(85)55-56(69)59(72-43(8)75)58(71)60(57(55)70)73-44(9)76/h13-15,18-19,31,36,38-40,42,45-48,50-53,62-63,77,81,86H,16-17,20-30,32-35H2,1-12H3,(H,72,75)(H,73,76)/b15-13+,18-14+,37-19+,41-31+/t36-,38-,39-,40-,42-,45+,46?,47+,48+,50-,51+,52+,53-,62-,63+,68-/m1/s1. The number of ether oxygens (including phenoxy) is 7. The molecule has 0 radical (unpaired) electrons. The van der Waals surface area contributed by atoms with Crippen molar-refractivity contribution in [1.82, 2.24) is 4.90 Å². The molecule has 93 heavy (non-hydrogen) atoms. The third-order valence-corrected chi connectivity index (χ3v) is 21.5. The molecule has 3 amide bonds. The number of allylic oxidation sites excluding steroid dienone is 6. The first-order valence-electron chi connectivity index (χ1n) is 32.2. The van der Waals surface area contributed by atoms with Crippen LogP contribution in [0, 0.1) is 46.2 Å². The second-order valence-corrected chi connectivity index (χ2v) is 28.8. The predicted octanol–water partition coefficient (Wildman–Crippen LogP) is 9.85. The monoisotopic (exact) mass is 1640 g/mol. The zero-order valence-corrected chi connectivity index (χ0v) is 62.1. The highest BCUT2D eigenvalue weighted by molar-refractivity contribution is 14.1. The number of carbonyl (C=O) groups excluding carboxylic acids is 9. The van der Waals surface area contributed by atoms with Crippen LogP contribution in [0.15, 0.2) is 47.6 Å². The Bertz CT molecular complexity index is 2930. The lowest BCUT2D eigenvalue weighted by Crippen LogP contribution is -2.61. The molecule has 16 atom stereocenters. The van der Waals surface area contributed by atoms with Gasteiger partial charge in [-0.3, -0.25) is 33.6 Å². The van der Waals surface area contributed by atoms with Crippen LogP contribution in [-0.2, 0) is 71.5 Å². The Labute approximate surface area is 588 Å². The number of esters is 3. The van der Waals surface area contributed by atoms with E-state index in [1.54, 1.807) is 40.9 Å². The third kappa shape index (κ3) is 22.2. The van der Waals surface area contributed by atoms with Crippen molar-refractivity contribution >= 4 is 132 Å². The Morgan fingerprint density at radius 1 is 0.796 bits per heavy atom. The number of rotatable bonds is 16. The van der Waals surface area contributed by atoms with Gasteiger partial charge in [-0.1, -0.05) is 71.1 Å². The Balaban J connectivity index is 1.32. The van der Waals surface area contributed by atoms with E-state index in [1.165, 1.54) is 28.1 Å². The zero-order valence-electron chi connectivity index (χ0n) is 55.6. The van der Waals surface area contributed by atoms with Gasteiger partial charge < -0.3 is 64.0 Å². The Morgan fingerprint density at radius 2 is 1.46 bits per heavy atom. The highest BCUT2D eigenvalue weighted by Gasteiger charge is 2.53. The Morgan fingerprint density at radius 3 is 2.09 bits per heavy atom. The molecule has 22 nitrogen and oxygen atoms in total. The number of Topliss-reactive ketones (excluding diaryl/α,β-unsaturated/α-hetero) is 3. The Kier molecular flexibility index (Phi) is 32.2. The highest BCUT2D eigenvalue weighted by atomic mass is 127. The molecule has 0 spiro atoms. The summed E-state index contributed by atoms with van der Waals surface area (Å²) < 4.78 is 42.8.